The first-order chi connectivity index (χ1) is 14.1. The van der Waals surface area contributed by atoms with Crippen LogP contribution in [0.25, 0.3) is 0 Å². The van der Waals surface area contributed by atoms with Crippen molar-refractivity contribution in [2.24, 2.45) is 0 Å². The van der Waals surface area contributed by atoms with Crippen LogP contribution in [-0.4, -0.2) is 74.1 Å². The van der Waals surface area contributed by atoms with Crippen molar-refractivity contribution in [3.63, 3.8) is 0 Å². The Morgan fingerprint density at radius 3 is 2.45 bits per heavy atom. The Bertz CT molecular complexity index is 757. The molecule has 1 aliphatic heterocycles. The van der Waals surface area contributed by atoms with Crippen molar-refractivity contribution in [3.05, 3.63) is 59.8 Å². The molecule has 1 aromatic heterocycles. The van der Waals surface area contributed by atoms with Gasteiger partial charge in [-0.25, -0.2) is 4.98 Å². The molecule has 1 N–H and O–H groups in total. The molecular weight excluding hydrogens is 362 g/mol. The summed E-state index contributed by atoms with van der Waals surface area (Å²) in [6, 6.07) is 14.3. The minimum atomic E-state index is -0.0451. The summed E-state index contributed by atoms with van der Waals surface area (Å²) >= 11 is 0. The minimum absolute atomic E-state index is 0.0451. The van der Waals surface area contributed by atoms with Gasteiger partial charge in [0.1, 0.15) is 5.82 Å². The van der Waals surface area contributed by atoms with E-state index in [1.54, 1.807) is 12.3 Å². The molecule has 2 heterocycles. The van der Waals surface area contributed by atoms with Crippen molar-refractivity contribution in [2.45, 2.75) is 19.4 Å². The Balaban J connectivity index is 1.30. The summed E-state index contributed by atoms with van der Waals surface area (Å²) in [6.45, 7) is 7.35. The number of anilines is 1. The highest BCUT2D eigenvalue weighted by Gasteiger charge is 2.17. The molecule has 0 aliphatic carbocycles. The second-order valence-electron chi connectivity index (χ2n) is 7.84. The number of benzene rings is 1. The molecule has 0 saturated carbocycles. The molecule has 1 saturated heterocycles. The maximum Gasteiger partial charge on any atom is 0.255 e. The van der Waals surface area contributed by atoms with Gasteiger partial charge in [0.15, 0.2) is 0 Å². The van der Waals surface area contributed by atoms with Gasteiger partial charge in [-0.2, -0.15) is 0 Å². The van der Waals surface area contributed by atoms with Gasteiger partial charge in [0.05, 0.1) is 5.56 Å². The van der Waals surface area contributed by atoms with E-state index in [1.807, 2.05) is 25.1 Å². The van der Waals surface area contributed by atoms with E-state index in [2.05, 4.69) is 50.4 Å². The minimum Gasteiger partial charge on any atom is -0.362 e. The van der Waals surface area contributed by atoms with E-state index in [0.29, 0.717) is 17.9 Å². The van der Waals surface area contributed by atoms with Crippen molar-refractivity contribution in [2.75, 3.05) is 58.3 Å². The summed E-state index contributed by atoms with van der Waals surface area (Å²) in [5, 5.41) is 3.03. The van der Waals surface area contributed by atoms with Gasteiger partial charge in [0, 0.05) is 59.6 Å². The SMILES string of the molecule is CN(C)c1ncccc1C(=O)NCCCCN1CCN(Cc2ccccc2)CC1. The number of hydrogen-bond donors (Lipinski definition) is 1. The molecule has 0 radical (unpaired) electrons. The number of amides is 1. The Hall–Kier alpha value is -2.44. The average molecular weight is 396 g/mol. The molecule has 6 nitrogen and oxygen atoms in total. The van der Waals surface area contributed by atoms with Crippen LogP contribution in [0, 0.1) is 0 Å². The first-order valence-corrected chi connectivity index (χ1v) is 10.5. The van der Waals surface area contributed by atoms with Crippen LogP contribution in [0.4, 0.5) is 5.82 Å². The Labute approximate surface area is 174 Å². The van der Waals surface area contributed by atoms with Gasteiger partial charge in [0.25, 0.3) is 5.91 Å². The topological polar surface area (TPSA) is 51.7 Å². The fraction of sp³-hybridized carbons (Fsp3) is 0.478. The number of carbonyl (C=O) groups excluding carboxylic acids is 1. The Kier molecular flexibility index (Phi) is 8.02. The molecule has 1 amide bonds. The molecule has 0 spiro atoms. The number of rotatable bonds is 9. The highest BCUT2D eigenvalue weighted by molar-refractivity contribution is 5.98. The number of aromatic nitrogens is 1. The van der Waals surface area contributed by atoms with E-state index in [9.17, 15) is 4.79 Å². The molecule has 1 aromatic carbocycles. The highest BCUT2D eigenvalue weighted by atomic mass is 16.1. The maximum absolute atomic E-state index is 12.4. The summed E-state index contributed by atoms with van der Waals surface area (Å²) in [5.41, 5.74) is 2.02. The lowest BCUT2D eigenvalue weighted by atomic mass is 10.2. The molecule has 3 rings (SSSR count). The fourth-order valence-electron chi connectivity index (χ4n) is 3.70. The zero-order valence-corrected chi connectivity index (χ0v) is 17.7. The largest absolute Gasteiger partial charge is 0.362 e. The first kappa shape index (κ1) is 21.3. The first-order valence-electron chi connectivity index (χ1n) is 10.5. The molecule has 0 bridgehead atoms. The number of pyridine rings is 1. The van der Waals surface area contributed by atoms with Crippen LogP contribution in [0.5, 0.6) is 0 Å². The van der Waals surface area contributed by atoms with Crippen LogP contribution in [0.1, 0.15) is 28.8 Å². The quantitative estimate of drug-likeness (QED) is 0.661. The third-order valence-corrected chi connectivity index (χ3v) is 5.36. The third kappa shape index (κ3) is 6.54. The van der Waals surface area contributed by atoms with Crippen molar-refractivity contribution in [3.8, 4) is 0 Å². The van der Waals surface area contributed by atoms with Crippen LogP contribution in [0.15, 0.2) is 48.7 Å². The van der Waals surface area contributed by atoms with Gasteiger partial charge < -0.3 is 15.1 Å². The monoisotopic (exact) mass is 395 g/mol. The second kappa shape index (κ2) is 10.9. The highest BCUT2D eigenvalue weighted by Crippen LogP contribution is 2.14. The predicted octanol–water partition coefficient (Wildman–Crippen LogP) is 2.48. The molecular formula is C23H33N5O. The molecule has 0 unspecified atom stereocenters. The molecule has 6 heteroatoms. The van der Waals surface area contributed by atoms with Crippen molar-refractivity contribution in [1.82, 2.24) is 20.1 Å². The average Bonchev–Trinajstić information content (AvgIpc) is 2.75. The number of nitrogens with zero attached hydrogens (tertiary/aromatic N) is 4. The van der Waals surface area contributed by atoms with E-state index in [4.69, 9.17) is 0 Å². The summed E-state index contributed by atoms with van der Waals surface area (Å²) in [5.74, 6) is 0.662. The molecule has 156 valence electrons. The summed E-state index contributed by atoms with van der Waals surface area (Å²) in [4.78, 5) is 23.7. The van der Waals surface area contributed by atoms with Crippen LogP contribution >= 0.6 is 0 Å². The van der Waals surface area contributed by atoms with Crippen molar-refractivity contribution >= 4 is 11.7 Å². The van der Waals surface area contributed by atoms with Crippen molar-refractivity contribution < 1.29 is 4.79 Å². The molecule has 0 atom stereocenters. The molecule has 29 heavy (non-hydrogen) atoms. The van der Waals surface area contributed by atoms with E-state index >= 15 is 0 Å². The van der Waals surface area contributed by atoms with Crippen LogP contribution in [-0.2, 0) is 6.54 Å². The van der Waals surface area contributed by atoms with Crippen LogP contribution in [0.2, 0.25) is 0 Å². The summed E-state index contributed by atoms with van der Waals surface area (Å²) < 4.78 is 0. The van der Waals surface area contributed by atoms with E-state index in [-0.39, 0.29) is 5.91 Å². The van der Waals surface area contributed by atoms with E-state index < -0.39 is 0 Å². The second-order valence-corrected chi connectivity index (χ2v) is 7.84. The molecule has 1 aliphatic rings. The lowest BCUT2D eigenvalue weighted by Gasteiger charge is -2.34. The Morgan fingerprint density at radius 2 is 1.72 bits per heavy atom. The van der Waals surface area contributed by atoms with E-state index in [1.165, 1.54) is 5.56 Å². The molecule has 2 aromatic rings. The van der Waals surface area contributed by atoms with Gasteiger partial charge in [0.2, 0.25) is 0 Å². The fourth-order valence-corrected chi connectivity index (χ4v) is 3.70. The smallest absolute Gasteiger partial charge is 0.255 e. The number of carbonyl (C=O) groups is 1. The Morgan fingerprint density at radius 1 is 1.00 bits per heavy atom. The van der Waals surface area contributed by atoms with Gasteiger partial charge >= 0.3 is 0 Å². The van der Waals surface area contributed by atoms with E-state index in [0.717, 1.165) is 52.1 Å². The molecule has 1 fully saturated rings. The van der Waals surface area contributed by atoms with Crippen LogP contribution in [0.3, 0.4) is 0 Å². The normalized spacial score (nSPS) is 15.2. The van der Waals surface area contributed by atoms with Crippen LogP contribution < -0.4 is 10.2 Å². The van der Waals surface area contributed by atoms with Gasteiger partial charge in [-0.3, -0.25) is 9.69 Å². The lowest BCUT2D eigenvalue weighted by molar-refractivity contribution is 0.0951. The third-order valence-electron chi connectivity index (χ3n) is 5.36. The number of piperazine rings is 1. The summed E-state index contributed by atoms with van der Waals surface area (Å²) in [7, 11) is 3.80. The standard InChI is InChI=1S/C23H33N5O/c1-26(2)22-21(11-8-13-24-22)23(29)25-12-6-7-14-27-15-17-28(18-16-27)19-20-9-4-3-5-10-20/h3-5,8-11,13H,6-7,12,14-19H2,1-2H3,(H,25,29). The maximum atomic E-state index is 12.4. The number of unbranched alkanes of at least 4 members (excludes halogenated alkanes) is 1. The number of nitrogens with one attached hydrogen (secondary N) is 1. The zero-order chi connectivity index (χ0) is 20.5. The van der Waals surface area contributed by atoms with Gasteiger partial charge in [-0.15, -0.1) is 0 Å². The summed E-state index contributed by atoms with van der Waals surface area (Å²) in [6.07, 6.45) is 3.81. The number of hydrogen-bond acceptors (Lipinski definition) is 5. The van der Waals surface area contributed by atoms with Crippen molar-refractivity contribution in [1.29, 1.82) is 0 Å². The van der Waals surface area contributed by atoms with Gasteiger partial charge in [-0.1, -0.05) is 30.3 Å². The zero-order valence-electron chi connectivity index (χ0n) is 17.7. The predicted molar refractivity (Wildman–Crippen MR) is 118 cm³/mol. The lowest BCUT2D eigenvalue weighted by Crippen LogP contribution is -2.46. The van der Waals surface area contributed by atoms with Gasteiger partial charge in [-0.05, 0) is 37.1 Å².